The maximum absolute atomic E-state index is 13.6. The molecule has 0 saturated heterocycles. The van der Waals surface area contributed by atoms with Gasteiger partial charge in [0, 0.05) is 17.7 Å². The van der Waals surface area contributed by atoms with Gasteiger partial charge in [0.2, 0.25) is 5.82 Å². The lowest BCUT2D eigenvalue weighted by Gasteiger charge is -2.09. The summed E-state index contributed by atoms with van der Waals surface area (Å²) in [6.07, 6.45) is 0. The molecule has 96 valence electrons. The topological polar surface area (TPSA) is 78.9 Å². The Morgan fingerprint density at radius 2 is 2.28 bits per heavy atom. The molecular weight excluding hydrogens is 237 g/mol. The second-order valence-electron chi connectivity index (χ2n) is 3.96. The molecule has 0 fully saturated rings. The van der Waals surface area contributed by atoms with E-state index in [4.69, 9.17) is 10.5 Å². The molecule has 0 amide bonds. The molecule has 1 heterocycles. The van der Waals surface area contributed by atoms with Crippen molar-refractivity contribution < 1.29 is 9.13 Å². The van der Waals surface area contributed by atoms with Gasteiger partial charge in [0.1, 0.15) is 11.6 Å². The highest BCUT2D eigenvalue weighted by Crippen LogP contribution is 2.20. The van der Waals surface area contributed by atoms with E-state index in [1.165, 1.54) is 10.9 Å². The minimum Gasteiger partial charge on any atom is -0.485 e. The van der Waals surface area contributed by atoms with Crippen LogP contribution in [-0.2, 0) is 13.7 Å². The van der Waals surface area contributed by atoms with Gasteiger partial charge in [-0.3, -0.25) is 0 Å². The number of hydrogen-bond acceptors (Lipinski definition) is 5. The van der Waals surface area contributed by atoms with Gasteiger partial charge in [-0.15, -0.1) is 10.2 Å². The van der Waals surface area contributed by atoms with Crippen molar-refractivity contribution in [1.82, 2.24) is 20.2 Å². The summed E-state index contributed by atoms with van der Waals surface area (Å²) in [5.74, 6) is 0.466. The smallest absolute Gasteiger partial charge is 0.212 e. The third-order valence-corrected chi connectivity index (χ3v) is 2.38. The normalized spacial score (nSPS) is 12.4. The summed E-state index contributed by atoms with van der Waals surface area (Å²) in [4.78, 5) is 1.33. The van der Waals surface area contributed by atoms with Crippen LogP contribution in [0.1, 0.15) is 24.4 Å². The van der Waals surface area contributed by atoms with Crippen molar-refractivity contribution in [3.8, 4) is 5.75 Å². The van der Waals surface area contributed by atoms with E-state index in [0.717, 1.165) is 0 Å². The van der Waals surface area contributed by atoms with Crippen LogP contribution in [0.25, 0.3) is 0 Å². The summed E-state index contributed by atoms with van der Waals surface area (Å²) >= 11 is 0. The number of aryl methyl sites for hydroxylation is 1. The van der Waals surface area contributed by atoms with Crippen LogP contribution in [0.15, 0.2) is 18.2 Å². The Bertz CT molecular complexity index is 540. The molecule has 2 rings (SSSR count). The molecule has 0 aliphatic heterocycles. The van der Waals surface area contributed by atoms with Crippen LogP contribution in [-0.4, -0.2) is 20.2 Å². The fourth-order valence-electron chi connectivity index (χ4n) is 1.50. The summed E-state index contributed by atoms with van der Waals surface area (Å²) < 4.78 is 19.0. The van der Waals surface area contributed by atoms with E-state index < -0.39 is 0 Å². The Labute approximate surface area is 104 Å². The molecule has 0 unspecified atom stereocenters. The summed E-state index contributed by atoms with van der Waals surface area (Å²) in [7, 11) is 1.66. The van der Waals surface area contributed by atoms with E-state index in [1.807, 2.05) is 0 Å². The van der Waals surface area contributed by atoms with Gasteiger partial charge in [-0.25, -0.2) is 4.39 Å². The monoisotopic (exact) mass is 251 g/mol. The summed E-state index contributed by atoms with van der Waals surface area (Å²) in [6.45, 7) is 1.87. The first kappa shape index (κ1) is 12.4. The van der Waals surface area contributed by atoms with E-state index in [1.54, 1.807) is 26.1 Å². The molecule has 0 aliphatic carbocycles. The molecule has 0 radical (unpaired) electrons. The highest BCUT2D eigenvalue weighted by Gasteiger charge is 2.09. The molecule has 2 N–H and O–H groups in total. The lowest BCUT2D eigenvalue weighted by Crippen LogP contribution is -2.07. The third kappa shape index (κ3) is 2.80. The Hall–Kier alpha value is -2.02. The van der Waals surface area contributed by atoms with Gasteiger partial charge in [0.25, 0.3) is 0 Å². The van der Waals surface area contributed by atoms with Crippen molar-refractivity contribution in [2.45, 2.75) is 19.6 Å². The van der Waals surface area contributed by atoms with Gasteiger partial charge in [0.05, 0.1) is 7.05 Å². The highest BCUT2D eigenvalue weighted by molar-refractivity contribution is 5.30. The fraction of sp³-hybridized carbons (Fsp3) is 0.364. The quantitative estimate of drug-likeness (QED) is 0.875. The second-order valence-corrected chi connectivity index (χ2v) is 3.96. The van der Waals surface area contributed by atoms with E-state index in [9.17, 15) is 4.39 Å². The first-order chi connectivity index (χ1) is 8.56. The Balaban J connectivity index is 2.04. The number of nitrogens with two attached hydrogens (primary N) is 1. The van der Waals surface area contributed by atoms with Crippen molar-refractivity contribution in [2.75, 3.05) is 0 Å². The van der Waals surface area contributed by atoms with Crippen molar-refractivity contribution in [3.63, 3.8) is 0 Å². The van der Waals surface area contributed by atoms with Gasteiger partial charge in [-0.2, -0.15) is 4.80 Å². The maximum Gasteiger partial charge on any atom is 0.212 e. The zero-order chi connectivity index (χ0) is 13.1. The molecule has 1 atom stereocenters. The third-order valence-electron chi connectivity index (χ3n) is 2.38. The molecule has 1 aromatic carbocycles. The average Bonchev–Trinajstić information content (AvgIpc) is 2.72. The standard InChI is InChI=1S/C11H14FN5O/c1-7(13)9-4-3-8(5-10(9)12)18-6-11-14-16-17(2)15-11/h3-5,7H,6,13H2,1-2H3/t7-/m0/s1. The van der Waals surface area contributed by atoms with Gasteiger partial charge in [0.15, 0.2) is 6.61 Å². The Kier molecular flexibility index (Phi) is 3.52. The zero-order valence-electron chi connectivity index (χ0n) is 10.2. The minimum absolute atomic E-state index is 0.144. The van der Waals surface area contributed by atoms with Gasteiger partial charge in [-0.05, 0) is 18.2 Å². The summed E-state index contributed by atoms with van der Waals surface area (Å²) in [5.41, 5.74) is 6.08. The number of hydrogen-bond donors (Lipinski definition) is 1. The zero-order valence-corrected chi connectivity index (χ0v) is 10.2. The number of ether oxygens (including phenoxy) is 1. The second kappa shape index (κ2) is 5.09. The average molecular weight is 251 g/mol. The van der Waals surface area contributed by atoms with Crippen LogP contribution in [0.3, 0.4) is 0 Å². The van der Waals surface area contributed by atoms with Gasteiger partial charge >= 0.3 is 0 Å². The number of rotatable bonds is 4. The number of nitrogens with zero attached hydrogens (tertiary/aromatic N) is 4. The van der Waals surface area contributed by atoms with Crippen LogP contribution in [0.2, 0.25) is 0 Å². The molecule has 0 bridgehead atoms. The molecule has 0 saturated carbocycles. The van der Waals surface area contributed by atoms with Crippen molar-refractivity contribution in [2.24, 2.45) is 12.8 Å². The molecule has 7 heteroatoms. The van der Waals surface area contributed by atoms with Crippen LogP contribution in [0, 0.1) is 5.82 Å². The van der Waals surface area contributed by atoms with Crippen molar-refractivity contribution in [3.05, 3.63) is 35.4 Å². The van der Waals surface area contributed by atoms with Crippen LogP contribution in [0.5, 0.6) is 5.75 Å². The van der Waals surface area contributed by atoms with E-state index in [-0.39, 0.29) is 18.5 Å². The molecule has 1 aromatic heterocycles. The number of benzene rings is 1. The molecule has 0 spiro atoms. The number of halogens is 1. The van der Waals surface area contributed by atoms with Crippen molar-refractivity contribution >= 4 is 0 Å². The summed E-state index contributed by atoms with van der Waals surface area (Å²) in [5, 5.41) is 11.4. The summed E-state index contributed by atoms with van der Waals surface area (Å²) in [6, 6.07) is 4.23. The predicted molar refractivity (Wildman–Crippen MR) is 62.1 cm³/mol. The Morgan fingerprint density at radius 1 is 1.50 bits per heavy atom. The molecular formula is C11H14FN5O. The fourth-order valence-corrected chi connectivity index (χ4v) is 1.50. The first-order valence-corrected chi connectivity index (χ1v) is 5.47. The molecule has 0 aliphatic rings. The van der Waals surface area contributed by atoms with Crippen LogP contribution >= 0.6 is 0 Å². The van der Waals surface area contributed by atoms with Crippen LogP contribution < -0.4 is 10.5 Å². The van der Waals surface area contributed by atoms with Crippen LogP contribution in [0.4, 0.5) is 4.39 Å². The van der Waals surface area contributed by atoms with Crippen molar-refractivity contribution in [1.29, 1.82) is 0 Å². The van der Waals surface area contributed by atoms with E-state index in [0.29, 0.717) is 17.1 Å². The number of tetrazole rings is 1. The number of aromatic nitrogens is 4. The predicted octanol–water partition coefficient (Wildman–Crippen LogP) is 0.948. The first-order valence-electron chi connectivity index (χ1n) is 5.47. The molecule has 6 nitrogen and oxygen atoms in total. The van der Waals surface area contributed by atoms with E-state index >= 15 is 0 Å². The van der Waals surface area contributed by atoms with Gasteiger partial charge < -0.3 is 10.5 Å². The Morgan fingerprint density at radius 3 is 2.83 bits per heavy atom. The van der Waals surface area contributed by atoms with E-state index in [2.05, 4.69) is 15.4 Å². The molecule has 18 heavy (non-hydrogen) atoms. The maximum atomic E-state index is 13.6. The lowest BCUT2D eigenvalue weighted by molar-refractivity contribution is 0.293. The lowest BCUT2D eigenvalue weighted by atomic mass is 10.1. The van der Waals surface area contributed by atoms with Gasteiger partial charge in [-0.1, -0.05) is 6.07 Å². The minimum atomic E-state index is -0.380. The largest absolute Gasteiger partial charge is 0.485 e. The SMILES string of the molecule is C[C@H](N)c1ccc(OCc2nnn(C)n2)cc1F. The molecule has 2 aromatic rings. The highest BCUT2D eigenvalue weighted by atomic mass is 19.1.